The number of methoxy groups -OCH3 is 1. The standard InChI is InChI=1S/C12H19N3O2.2ClH/c1-17-8-7-14-10-12(16)15-6-4-11-3-2-5-13-9-11;;/h2-3,5,9,14H,4,6-8,10H2,1H3,(H,15,16);2*1H. The zero-order valence-corrected chi connectivity index (χ0v) is 12.6. The number of halogens is 2. The van der Waals surface area contributed by atoms with Gasteiger partial charge >= 0.3 is 0 Å². The Morgan fingerprint density at radius 3 is 2.79 bits per heavy atom. The number of nitrogens with zero attached hydrogens (tertiary/aromatic N) is 1. The van der Waals surface area contributed by atoms with Crippen molar-refractivity contribution in [3.8, 4) is 0 Å². The van der Waals surface area contributed by atoms with Gasteiger partial charge in [0.1, 0.15) is 0 Å². The number of nitrogens with one attached hydrogen (secondary N) is 2. The molecule has 1 aromatic heterocycles. The minimum absolute atomic E-state index is 0. The van der Waals surface area contributed by atoms with E-state index in [0.717, 1.165) is 12.0 Å². The normalized spacial score (nSPS) is 9.11. The van der Waals surface area contributed by atoms with E-state index in [4.69, 9.17) is 4.74 Å². The average Bonchev–Trinajstić information content (AvgIpc) is 2.36. The number of ether oxygens (including phenoxy) is 1. The van der Waals surface area contributed by atoms with E-state index >= 15 is 0 Å². The summed E-state index contributed by atoms with van der Waals surface area (Å²) in [6.07, 6.45) is 4.35. The van der Waals surface area contributed by atoms with Gasteiger partial charge in [0.15, 0.2) is 0 Å². The summed E-state index contributed by atoms with van der Waals surface area (Å²) in [5.41, 5.74) is 1.13. The summed E-state index contributed by atoms with van der Waals surface area (Å²) >= 11 is 0. The Hall–Kier alpha value is -0.880. The highest BCUT2D eigenvalue weighted by atomic mass is 35.5. The van der Waals surface area contributed by atoms with Crippen molar-refractivity contribution in [2.75, 3.05) is 33.4 Å². The second-order valence-corrected chi connectivity index (χ2v) is 3.63. The van der Waals surface area contributed by atoms with Gasteiger partial charge in [-0.2, -0.15) is 0 Å². The molecule has 1 amide bonds. The van der Waals surface area contributed by atoms with Crippen LogP contribution in [0.1, 0.15) is 5.56 Å². The molecule has 19 heavy (non-hydrogen) atoms. The molecule has 0 fully saturated rings. The minimum Gasteiger partial charge on any atom is -0.383 e. The summed E-state index contributed by atoms with van der Waals surface area (Å²) in [7, 11) is 1.63. The molecule has 5 nitrogen and oxygen atoms in total. The maximum Gasteiger partial charge on any atom is 0.233 e. The van der Waals surface area contributed by atoms with E-state index in [-0.39, 0.29) is 30.7 Å². The van der Waals surface area contributed by atoms with Gasteiger partial charge < -0.3 is 15.4 Å². The van der Waals surface area contributed by atoms with Gasteiger partial charge in [0.05, 0.1) is 13.2 Å². The van der Waals surface area contributed by atoms with Crippen molar-refractivity contribution >= 4 is 30.7 Å². The summed E-state index contributed by atoms with van der Waals surface area (Å²) in [5, 5.41) is 5.82. The lowest BCUT2D eigenvalue weighted by Gasteiger charge is -2.06. The van der Waals surface area contributed by atoms with Gasteiger partial charge in [-0.15, -0.1) is 24.8 Å². The van der Waals surface area contributed by atoms with Crippen LogP contribution in [0.5, 0.6) is 0 Å². The van der Waals surface area contributed by atoms with E-state index in [2.05, 4.69) is 15.6 Å². The molecular formula is C12H21Cl2N3O2. The van der Waals surface area contributed by atoms with Gasteiger partial charge in [-0.05, 0) is 18.1 Å². The fraction of sp³-hybridized carbons (Fsp3) is 0.500. The molecule has 7 heteroatoms. The molecule has 0 saturated carbocycles. The van der Waals surface area contributed by atoms with Gasteiger partial charge in [-0.25, -0.2) is 0 Å². The first-order valence-electron chi connectivity index (χ1n) is 5.68. The molecule has 1 rings (SSSR count). The highest BCUT2D eigenvalue weighted by molar-refractivity contribution is 5.85. The van der Waals surface area contributed by atoms with Crippen LogP contribution < -0.4 is 10.6 Å². The topological polar surface area (TPSA) is 63.2 Å². The van der Waals surface area contributed by atoms with E-state index in [1.54, 1.807) is 13.3 Å². The monoisotopic (exact) mass is 309 g/mol. The predicted molar refractivity (Wildman–Crippen MR) is 80.2 cm³/mol. The van der Waals surface area contributed by atoms with Crippen LogP contribution in [0, 0.1) is 0 Å². The molecule has 0 aliphatic carbocycles. The van der Waals surface area contributed by atoms with Crippen molar-refractivity contribution in [1.82, 2.24) is 15.6 Å². The number of aromatic nitrogens is 1. The average molecular weight is 310 g/mol. The third-order valence-corrected chi connectivity index (χ3v) is 2.23. The number of hydrogen-bond acceptors (Lipinski definition) is 4. The lowest BCUT2D eigenvalue weighted by Crippen LogP contribution is -2.36. The SMILES string of the molecule is COCCNCC(=O)NCCc1cccnc1.Cl.Cl. The van der Waals surface area contributed by atoms with E-state index in [1.807, 2.05) is 18.3 Å². The molecular weight excluding hydrogens is 289 g/mol. The quantitative estimate of drug-likeness (QED) is 0.698. The van der Waals surface area contributed by atoms with Crippen molar-refractivity contribution in [3.63, 3.8) is 0 Å². The van der Waals surface area contributed by atoms with E-state index in [0.29, 0.717) is 26.2 Å². The molecule has 0 saturated heterocycles. The highest BCUT2D eigenvalue weighted by Crippen LogP contribution is 1.94. The van der Waals surface area contributed by atoms with Gasteiger partial charge in [0.25, 0.3) is 0 Å². The second-order valence-electron chi connectivity index (χ2n) is 3.63. The molecule has 0 radical (unpaired) electrons. The van der Waals surface area contributed by atoms with Gasteiger partial charge in [0.2, 0.25) is 5.91 Å². The van der Waals surface area contributed by atoms with Crippen LogP contribution in [0.25, 0.3) is 0 Å². The van der Waals surface area contributed by atoms with E-state index < -0.39 is 0 Å². The first kappa shape index (κ1) is 20.4. The summed E-state index contributed by atoms with van der Waals surface area (Å²) in [6.45, 7) is 2.27. The van der Waals surface area contributed by atoms with Crippen molar-refractivity contribution in [2.24, 2.45) is 0 Å². The lowest BCUT2D eigenvalue weighted by atomic mass is 10.2. The van der Waals surface area contributed by atoms with Crippen molar-refractivity contribution in [2.45, 2.75) is 6.42 Å². The summed E-state index contributed by atoms with van der Waals surface area (Å²) < 4.78 is 4.86. The maximum absolute atomic E-state index is 11.4. The zero-order chi connectivity index (χ0) is 12.3. The molecule has 1 aromatic rings. The van der Waals surface area contributed by atoms with Crippen LogP contribution in [0.2, 0.25) is 0 Å². The summed E-state index contributed by atoms with van der Waals surface area (Å²) in [4.78, 5) is 15.4. The van der Waals surface area contributed by atoms with Crippen LogP contribution in [0.3, 0.4) is 0 Å². The van der Waals surface area contributed by atoms with Crippen molar-refractivity contribution in [1.29, 1.82) is 0 Å². The largest absolute Gasteiger partial charge is 0.383 e. The number of hydrogen-bond donors (Lipinski definition) is 2. The highest BCUT2D eigenvalue weighted by Gasteiger charge is 1.99. The van der Waals surface area contributed by atoms with Crippen molar-refractivity contribution < 1.29 is 9.53 Å². The maximum atomic E-state index is 11.4. The Kier molecular flexibility index (Phi) is 14.6. The van der Waals surface area contributed by atoms with E-state index in [1.165, 1.54) is 0 Å². The van der Waals surface area contributed by atoms with Gasteiger partial charge in [0, 0.05) is 32.6 Å². The van der Waals surface area contributed by atoms with Crippen LogP contribution in [-0.2, 0) is 16.0 Å². The molecule has 110 valence electrons. The fourth-order valence-corrected chi connectivity index (χ4v) is 1.33. The first-order valence-corrected chi connectivity index (χ1v) is 5.68. The number of pyridine rings is 1. The molecule has 0 unspecified atom stereocenters. The molecule has 0 aromatic carbocycles. The van der Waals surface area contributed by atoms with E-state index in [9.17, 15) is 4.79 Å². The second kappa shape index (κ2) is 13.5. The molecule has 0 bridgehead atoms. The molecule has 0 spiro atoms. The van der Waals surface area contributed by atoms with Crippen LogP contribution in [-0.4, -0.2) is 44.2 Å². The lowest BCUT2D eigenvalue weighted by molar-refractivity contribution is -0.120. The number of carbonyl (C=O) groups excluding carboxylic acids is 1. The van der Waals surface area contributed by atoms with Crippen molar-refractivity contribution in [3.05, 3.63) is 30.1 Å². The third-order valence-electron chi connectivity index (χ3n) is 2.23. The Labute approximate surface area is 126 Å². The van der Waals surface area contributed by atoms with Crippen LogP contribution in [0.4, 0.5) is 0 Å². The molecule has 1 heterocycles. The predicted octanol–water partition coefficient (Wildman–Crippen LogP) is 0.820. The Morgan fingerprint density at radius 1 is 1.37 bits per heavy atom. The number of amides is 1. The molecule has 0 aliphatic heterocycles. The molecule has 0 atom stereocenters. The minimum atomic E-state index is 0. The number of carbonyl (C=O) groups is 1. The third kappa shape index (κ3) is 10.7. The van der Waals surface area contributed by atoms with Gasteiger partial charge in [-0.1, -0.05) is 6.07 Å². The van der Waals surface area contributed by atoms with Gasteiger partial charge in [-0.3, -0.25) is 9.78 Å². The Bertz CT molecular complexity index is 326. The molecule has 2 N–H and O–H groups in total. The molecule has 0 aliphatic rings. The summed E-state index contributed by atoms with van der Waals surface area (Å²) in [6, 6.07) is 3.89. The summed E-state index contributed by atoms with van der Waals surface area (Å²) in [5.74, 6) is 0.00462. The fourth-order valence-electron chi connectivity index (χ4n) is 1.33. The Morgan fingerprint density at radius 2 is 2.16 bits per heavy atom. The first-order chi connectivity index (χ1) is 8.33. The Balaban J connectivity index is 0. The van der Waals surface area contributed by atoms with Crippen LogP contribution in [0.15, 0.2) is 24.5 Å². The smallest absolute Gasteiger partial charge is 0.233 e. The zero-order valence-electron chi connectivity index (χ0n) is 10.9. The van der Waals surface area contributed by atoms with Crippen LogP contribution >= 0.6 is 24.8 Å². The number of rotatable bonds is 8.